The lowest BCUT2D eigenvalue weighted by Crippen LogP contribution is -2.10. The molecule has 88 valence electrons. The minimum absolute atomic E-state index is 0.379. The number of rotatable bonds is 3. The second-order valence-electron chi connectivity index (χ2n) is 3.50. The van der Waals surface area contributed by atoms with Gasteiger partial charge in [-0.1, -0.05) is 15.9 Å². The maximum atomic E-state index is 5.25. The SMILES string of the molecule is Cc1cc(Nc2ccnc(NN)n2)ccc1Br. The number of nitrogens with one attached hydrogen (secondary N) is 2. The molecule has 1 aromatic carbocycles. The lowest BCUT2D eigenvalue weighted by Gasteiger charge is -2.08. The van der Waals surface area contributed by atoms with Gasteiger partial charge in [-0.15, -0.1) is 0 Å². The Bertz CT molecular complexity index is 529. The molecule has 17 heavy (non-hydrogen) atoms. The van der Waals surface area contributed by atoms with Gasteiger partial charge in [0.2, 0.25) is 5.95 Å². The monoisotopic (exact) mass is 293 g/mol. The Morgan fingerprint density at radius 3 is 2.82 bits per heavy atom. The molecule has 0 atom stereocenters. The Balaban J connectivity index is 2.22. The number of aryl methyl sites for hydroxylation is 1. The Labute approximate surface area is 108 Å². The number of hydrogen-bond acceptors (Lipinski definition) is 5. The quantitative estimate of drug-likeness (QED) is 0.599. The van der Waals surface area contributed by atoms with Crippen LogP contribution >= 0.6 is 15.9 Å². The predicted molar refractivity (Wildman–Crippen MR) is 72.0 cm³/mol. The van der Waals surface area contributed by atoms with Gasteiger partial charge in [-0.05, 0) is 36.8 Å². The third-order valence-corrected chi connectivity index (χ3v) is 3.10. The molecular formula is C11H12BrN5. The van der Waals surface area contributed by atoms with Gasteiger partial charge in [-0.3, -0.25) is 5.43 Å². The lowest BCUT2D eigenvalue weighted by molar-refractivity contribution is 1.12. The van der Waals surface area contributed by atoms with Crippen molar-refractivity contribution in [3.8, 4) is 0 Å². The molecule has 0 aliphatic carbocycles. The molecule has 0 unspecified atom stereocenters. The number of hydrogen-bond donors (Lipinski definition) is 3. The second-order valence-corrected chi connectivity index (χ2v) is 4.35. The molecule has 6 heteroatoms. The Kier molecular flexibility index (Phi) is 3.55. The van der Waals surface area contributed by atoms with E-state index in [1.54, 1.807) is 12.3 Å². The van der Waals surface area contributed by atoms with E-state index in [0.717, 1.165) is 15.7 Å². The minimum Gasteiger partial charge on any atom is -0.340 e. The smallest absolute Gasteiger partial charge is 0.239 e. The fourth-order valence-corrected chi connectivity index (χ4v) is 1.61. The summed E-state index contributed by atoms with van der Waals surface area (Å²) in [6, 6.07) is 7.76. The summed E-state index contributed by atoms with van der Waals surface area (Å²) in [5.74, 6) is 6.32. The van der Waals surface area contributed by atoms with E-state index >= 15 is 0 Å². The molecule has 4 N–H and O–H groups in total. The molecule has 0 radical (unpaired) electrons. The second kappa shape index (κ2) is 5.11. The summed E-state index contributed by atoms with van der Waals surface area (Å²) in [5.41, 5.74) is 4.52. The normalized spacial score (nSPS) is 10.1. The molecule has 2 aromatic rings. The van der Waals surface area contributed by atoms with Crippen molar-refractivity contribution in [1.82, 2.24) is 9.97 Å². The fourth-order valence-electron chi connectivity index (χ4n) is 1.37. The summed E-state index contributed by atoms with van der Waals surface area (Å²) >= 11 is 3.46. The van der Waals surface area contributed by atoms with Crippen LogP contribution in [0.3, 0.4) is 0 Å². The van der Waals surface area contributed by atoms with Crippen LogP contribution in [0.4, 0.5) is 17.5 Å². The van der Waals surface area contributed by atoms with Crippen LogP contribution in [0.5, 0.6) is 0 Å². The summed E-state index contributed by atoms with van der Waals surface area (Å²) in [6.07, 6.45) is 1.64. The molecule has 0 bridgehead atoms. The maximum Gasteiger partial charge on any atom is 0.239 e. The van der Waals surface area contributed by atoms with E-state index < -0.39 is 0 Å². The van der Waals surface area contributed by atoms with E-state index in [1.165, 1.54) is 0 Å². The van der Waals surface area contributed by atoms with Crippen LogP contribution in [0.2, 0.25) is 0 Å². The number of aromatic nitrogens is 2. The van der Waals surface area contributed by atoms with Crippen molar-refractivity contribution < 1.29 is 0 Å². The zero-order valence-corrected chi connectivity index (χ0v) is 10.8. The molecule has 0 aliphatic rings. The standard InChI is InChI=1S/C11H12BrN5/c1-7-6-8(2-3-9(7)12)15-10-4-5-14-11(16-10)17-13/h2-6H,13H2,1H3,(H2,14,15,16,17). The van der Waals surface area contributed by atoms with Gasteiger partial charge < -0.3 is 5.32 Å². The van der Waals surface area contributed by atoms with Crippen molar-refractivity contribution in [1.29, 1.82) is 0 Å². The fraction of sp³-hybridized carbons (Fsp3) is 0.0909. The van der Waals surface area contributed by atoms with Crippen molar-refractivity contribution in [3.05, 3.63) is 40.5 Å². The highest BCUT2D eigenvalue weighted by molar-refractivity contribution is 9.10. The van der Waals surface area contributed by atoms with Crippen LogP contribution in [0.25, 0.3) is 0 Å². The number of nitrogens with two attached hydrogens (primary N) is 1. The van der Waals surface area contributed by atoms with Crippen molar-refractivity contribution in [2.24, 2.45) is 5.84 Å². The van der Waals surface area contributed by atoms with E-state index in [9.17, 15) is 0 Å². The van der Waals surface area contributed by atoms with Crippen molar-refractivity contribution >= 4 is 33.4 Å². The summed E-state index contributed by atoms with van der Waals surface area (Å²) in [5, 5.41) is 3.18. The molecule has 1 aromatic heterocycles. The minimum atomic E-state index is 0.379. The van der Waals surface area contributed by atoms with Crippen LogP contribution in [0, 0.1) is 6.92 Å². The van der Waals surface area contributed by atoms with Crippen LogP contribution in [-0.2, 0) is 0 Å². The largest absolute Gasteiger partial charge is 0.340 e. The summed E-state index contributed by atoms with van der Waals surface area (Å²) in [7, 11) is 0. The van der Waals surface area contributed by atoms with E-state index in [4.69, 9.17) is 5.84 Å². The van der Waals surface area contributed by atoms with Gasteiger partial charge in [-0.2, -0.15) is 4.98 Å². The first-order valence-corrected chi connectivity index (χ1v) is 5.81. The van der Waals surface area contributed by atoms with Crippen LogP contribution in [0.15, 0.2) is 34.9 Å². The Morgan fingerprint density at radius 2 is 2.12 bits per heavy atom. The molecule has 2 rings (SSSR count). The Hall–Kier alpha value is -1.66. The third kappa shape index (κ3) is 2.92. The topological polar surface area (TPSA) is 75.9 Å². The van der Waals surface area contributed by atoms with Crippen LogP contribution in [-0.4, -0.2) is 9.97 Å². The summed E-state index contributed by atoms with van der Waals surface area (Å²) < 4.78 is 1.08. The first-order chi connectivity index (χ1) is 8.19. The van der Waals surface area contributed by atoms with Crippen LogP contribution < -0.4 is 16.6 Å². The number of benzene rings is 1. The molecule has 5 nitrogen and oxygen atoms in total. The van der Waals surface area contributed by atoms with Gasteiger partial charge in [0.1, 0.15) is 5.82 Å². The Morgan fingerprint density at radius 1 is 1.29 bits per heavy atom. The first kappa shape index (κ1) is 11.8. The number of anilines is 3. The number of hydrazine groups is 1. The highest BCUT2D eigenvalue weighted by Crippen LogP contribution is 2.22. The third-order valence-electron chi connectivity index (χ3n) is 2.22. The molecule has 0 fully saturated rings. The van der Waals surface area contributed by atoms with Gasteiger partial charge in [-0.25, -0.2) is 10.8 Å². The summed E-state index contributed by atoms with van der Waals surface area (Å²) in [6.45, 7) is 2.03. The number of nitrogen functional groups attached to an aromatic ring is 1. The maximum absolute atomic E-state index is 5.25. The molecule has 0 saturated heterocycles. The highest BCUT2D eigenvalue weighted by Gasteiger charge is 2.00. The lowest BCUT2D eigenvalue weighted by atomic mass is 10.2. The van der Waals surface area contributed by atoms with E-state index in [1.807, 2.05) is 25.1 Å². The molecule has 0 amide bonds. The van der Waals surface area contributed by atoms with E-state index in [0.29, 0.717) is 11.8 Å². The number of nitrogens with zero attached hydrogens (tertiary/aromatic N) is 2. The van der Waals surface area contributed by atoms with Crippen molar-refractivity contribution in [2.75, 3.05) is 10.7 Å². The van der Waals surface area contributed by atoms with E-state index in [-0.39, 0.29) is 0 Å². The molecular weight excluding hydrogens is 282 g/mol. The van der Waals surface area contributed by atoms with Crippen LogP contribution in [0.1, 0.15) is 5.56 Å². The van der Waals surface area contributed by atoms with E-state index in [2.05, 4.69) is 36.6 Å². The van der Waals surface area contributed by atoms with Gasteiger partial charge in [0.25, 0.3) is 0 Å². The molecule has 0 aliphatic heterocycles. The summed E-state index contributed by atoms with van der Waals surface area (Å²) in [4.78, 5) is 8.11. The predicted octanol–water partition coefficient (Wildman–Crippen LogP) is 2.58. The average Bonchev–Trinajstić information content (AvgIpc) is 2.34. The molecule has 0 spiro atoms. The van der Waals surface area contributed by atoms with Gasteiger partial charge in [0, 0.05) is 16.4 Å². The van der Waals surface area contributed by atoms with Crippen molar-refractivity contribution in [3.63, 3.8) is 0 Å². The molecule has 1 heterocycles. The zero-order chi connectivity index (χ0) is 12.3. The van der Waals surface area contributed by atoms with Gasteiger partial charge >= 0.3 is 0 Å². The zero-order valence-electron chi connectivity index (χ0n) is 9.24. The van der Waals surface area contributed by atoms with Crippen molar-refractivity contribution in [2.45, 2.75) is 6.92 Å². The van der Waals surface area contributed by atoms with Gasteiger partial charge in [0.15, 0.2) is 0 Å². The highest BCUT2D eigenvalue weighted by atomic mass is 79.9. The van der Waals surface area contributed by atoms with Gasteiger partial charge in [0.05, 0.1) is 0 Å². The number of halogens is 1. The first-order valence-electron chi connectivity index (χ1n) is 5.02. The average molecular weight is 294 g/mol. The molecule has 0 saturated carbocycles.